The van der Waals surface area contributed by atoms with Crippen LogP contribution in [0.3, 0.4) is 0 Å². The Kier molecular flexibility index (Phi) is 6.58. The SMILES string of the molecule is Cc1ccc(C(=O)NCCCc2nc3ccccc3n2C/C=C/c2ccccc2)cc1. The van der Waals surface area contributed by atoms with Crippen LogP contribution in [0.4, 0.5) is 0 Å². The largest absolute Gasteiger partial charge is 0.352 e. The summed E-state index contributed by atoms with van der Waals surface area (Å²) in [7, 11) is 0. The van der Waals surface area contributed by atoms with Gasteiger partial charge in [0, 0.05) is 25.1 Å². The molecule has 0 aliphatic heterocycles. The molecule has 31 heavy (non-hydrogen) atoms. The van der Waals surface area contributed by atoms with E-state index in [0.717, 1.165) is 41.8 Å². The Morgan fingerprint density at radius 2 is 1.71 bits per heavy atom. The third-order valence-corrected chi connectivity index (χ3v) is 5.31. The molecule has 4 aromatic rings. The number of imidazole rings is 1. The minimum Gasteiger partial charge on any atom is -0.352 e. The van der Waals surface area contributed by atoms with Crippen LogP contribution >= 0.6 is 0 Å². The zero-order chi connectivity index (χ0) is 21.5. The predicted molar refractivity (Wildman–Crippen MR) is 127 cm³/mol. The Hall–Kier alpha value is -3.66. The van der Waals surface area contributed by atoms with Crippen LogP contribution in [0.25, 0.3) is 17.1 Å². The van der Waals surface area contributed by atoms with E-state index in [4.69, 9.17) is 4.98 Å². The molecule has 0 atom stereocenters. The maximum Gasteiger partial charge on any atom is 0.251 e. The third kappa shape index (κ3) is 5.28. The van der Waals surface area contributed by atoms with Gasteiger partial charge in [0.25, 0.3) is 5.91 Å². The van der Waals surface area contributed by atoms with E-state index in [1.165, 1.54) is 5.56 Å². The molecule has 0 radical (unpaired) electrons. The summed E-state index contributed by atoms with van der Waals surface area (Å²) in [5.41, 5.74) is 5.18. The van der Waals surface area contributed by atoms with Gasteiger partial charge in [-0.2, -0.15) is 0 Å². The first-order valence-electron chi connectivity index (χ1n) is 10.7. The molecule has 0 aliphatic rings. The average Bonchev–Trinajstić information content (AvgIpc) is 3.15. The topological polar surface area (TPSA) is 46.9 Å². The van der Waals surface area contributed by atoms with E-state index in [1.54, 1.807) is 0 Å². The molecular weight excluding hydrogens is 382 g/mol. The van der Waals surface area contributed by atoms with Gasteiger partial charge in [-0.15, -0.1) is 0 Å². The number of hydrogen-bond donors (Lipinski definition) is 1. The highest BCUT2D eigenvalue weighted by molar-refractivity contribution is 5.94. The van der Waals surface area contributed by atoms with Crippen molar-refractivity contribution in [3.8, 4) is 0 Å². The second-order valence-electron chi connectivity index (χ2n) is 7.67. The molecule has 0 unspecified atom stereocenters. The average molecular weight is 410 g/mol. The molecular formula is C27H27N3O. The van der Waals surface area contributed by atoms with E-state index < -0.39 is 0 Å². The lowest BCUT2D eigenvalue weighted by molar-refractivity contribution is 0.0953. The van der Waals surface area contributed by atoms with E-state index in [9.17, 15) is 4.79 Å². The summed E-state index contributed by atoms with van der Waals surface area (Å²) < 4.78 is 2.26. The number of nitrogens with one attached hydrogen (secondary N) is 1. The van der Waals surface area contributed by atoms with Crippen LogP contribution in [-0.4, -0.2) is 22.0 Å². The van der Waals surface area contributed by atoms with Crippen molar-refractivity contribution in [1.82, 2.24) is 14.9 Å². The molecule has 0 spiro atoms. The normalized spacial score (nSPS) is 11.3. The lowest BCUT2D eigenvalue weighted by atomic mass is 10.1. The Balaban J connectivity index is 1.40. The Morgan fingerprint density at radius 3 is 2.52 bits per heavy atom. The van der Waals surface area contributed by atoms with Gasteiger partial charge in [-0.05, 0) is 43.2 Å². The summed E-state index contributed by atoms with van der Waals surface area (Å²) in [4.78, 5) is 17.1. The summed E-state index contributed by atoms with van der Waals surface area (Å²) >= 11 is 0. The fourth-order valence-electron chi connectivity index (χ4n) is 3.63. The van der Waals surface area contributed by atoms with Gasteiger partial charge in [-0.3, -0.25) is 4.79 Å². The number of carbonyl (C=O) groups excluding carboxylic acids is 1. The number of aromatic nitrogens is 2. The molecule has 0 saturated carbocycles. The standard InChI is InChI=1S/C27H27N3O/c1-21-15-17-23(18-16-21)27(31)28-19-7-14-26-29-24-12-5-6-13-25(24)30(26)20-8-11-22-9-3-2-4-10-22/h2-6,8-13,15-18H,7,14,19-20H2,1H3,(H,28,31)/b11-8+. The van der Waals surface area contributed by atoms with Crippen molar-refractivity contribution in [3.05, 3.63) is 107 Å². The molecule has 156 valence electrons. The quantitative estimate of drug-likeness (QED) is 0.395. The summed E-state index contributed by atoms with van der Waals surface area (Å²) in [5, 5.41) is 3.02. The van der Waals surface area contributed by atoms with E-state index >= 15 is 0 Å². The smallest absolute Gasteiger partial charge is 0.251 e. The van der Waals surface area contributed by atoms with E-state index in [2.05, 4.69) is 46.3 Å². The monoisotopic (exact) mass is 409 g/mol. The van der Waals surface area contributed by atoms with E-state index in [-0.39, 0.29) is 5.91 Å². The fourth-order valence-corrected chi connectivity index (χ4v) is 3.63. The van der Waals surface area contributed by atoms with Gasteiger partial charge < -0.3 is 9.88 Å². The number of hydrogen-bond acceptors (Lipinski definition) is 2. The molecule has 1 amide bonds. The lowest BCUT2D eigenvalue weighted by Crippen LogP contribution is -2.25. The summed E-state index contributed by atoms with van der Waals surface area (Å²) in [6.45, 7) is 3.40. The van der Waals surface area contributed by atoms with Crippen LogP contribution < -0.4 is 5.32 Å². The highest BCUT2D eigenvalue weighted by Gasteiger charge is 2.10. The van der Waals surface area contributed by atoms with Crippen LogP contribution in [0.15, 0.2) is 84.9 Å². The minimum absolute atomic E-state index is 0.0284. The Bertz CT molecular complexity index is 1170. The molecule has 0 fully saturated rings. The highest BCUT2D eigenvalue weighted by Crippen LogP contribution is 2.17. The van der Waals surface area contributed by atoms with Crippen molar-refractivity contribution in [2.75, 3.05) is 6.54 Å². The van der Waals surface area contributed by atoms with Gasteiger partial charge in [0.05, 0.1) is 11.0 Å². The zero-order valence-corrected chi connectivity index (χ0v) is 17.8. The highest BCUT2D eigenvalue weighted by atomic mass is 16.1. The van der Waals surface area contributed by atoms with Gasteiger partial charge in [0.15, 0.2) is 0 Å². The summed E-state index contributed by atoms with van der Waals surface area (Å²) in [5.74, 6) is 1.02. The minimum atomic E-state index is -0.0284. The molecule has 0 aliphatic carbocycles. The lowest BCUT2D eigenvalue weighted by Gasteiger charge is -2.08. The number of aryl methyl sites for hydroxylation is 2. The molecule has 0 saturated heterocycles. The van der Waals surface area contributed by atoms with Crippen molar-refractivity contribution in [2.24, 2.45) is 0 Å². The van der Waals surface area contributed by atoms with Crippen LogP contribution in [0.5, 0.6) is 0 Å². The van der Waals surface area contributed by atoms with Gasteiger partial charge in [-0.1, -0.05) is 72.3 Å². The molecule has 3 aromatic carbocycles. The number of carbonyl (C=O) groups is 1. The van der Waals surface area contributed by atoms with Crippen molar-refractivity contribution in [3.63, 3.8) is 0 Å². The van der Waals surface area contributed by atoms with Crippen LogP contribution in [-0.2, 0) is 13.0 Å². The van der Waals surface area contributed by atoms with Crippen LogP contribution in [0.2, 0.25) is 0 Å². The fraction of sp³-hybridized carbons (Fsp3) is 0.185. The maximum atomic E-state index is 12.3. The molecule has 4 heteroatoms. The summed E-state index contributed by atoms with van der Waals surface area (Å²) in [6.07, 6.45) is 5.96. The van der Waals surface area contributed by atoms with Gasteiger partial charge in [-0.25, -0.2) is 4.98 Å². The van der Waals surface area contributed by atoms with Crippen molar-refractivity contribution >= 4 is 23.0 Å². The second-order valence-corrected chi connectivity index (χ2v) is 7.67. The number of allylic oxidation sites excluding steroid dienone is 1. The number of para-hydroxylation sites is 2. The molecule has 4 rings (SSSR count). The van der Waals surface area contributed by atoms with Crippen molar-refractivity contribution in [2.45, 2.75) is 26.3 Å². The molecule has 1 N–H and O–H groups in total. The number of benzene rings is 3. The maximum absolute atomic E-state index is 12.3. The number of nitrogens with zero attached hydrogens (tertiary/aromatic N) is 2. The zero-order valence-electron chi connectivity index (χ0n) is 17.8. The molecule has 4 nitrogen and oxygen atoms in total. The Labute approximate surface area is 183 Å². The second kappa shape index (κ2) is 9.90. The van der Waals surface area contributed by atoms with Gasteiger partial charge in [0.2, 0.25) is 0 Å². The Morgan fingerprint density at radius 1 is 0.968 bits per heavy atom. The number of rotatable bonds is 8. The van der Waals surface area contributed by atoms with E-state index in [0.29, 0.717) is 12.1 Å². The van der Waals surface area contributed by atoms with Crippen molar-refractivity contribution < 1.29 is 4.79 Å². The first-order chi connectivity index (χ1) is 15.2. The predicted octanol–water partition coefficient (Wildman–Crippen LogP) is 5.42. The van der Waals surface area contributed by atoms with Gasteiger partial charge in [0.1, 0.15) is 5.82 Å². The van der Waals surface area contributed by atoms with Gasteiger partial charge >= 0.3 is 0 Å². The first-order valence-corrected chi connectivity index (χ1v) is 10.7. The molecule has 1 heterocycles. The molecule has 0 bridgehead atoms. The first kappa shape index (κ1) is 20.6. The van der Waals surface area contributed by atoms with Crippen LogP contribution in [0, 0.1) is 6.92 Å². The van der Waals surface area contributed by atoms with E-state index in [1.807, 2.05) is 61.5 Å². The number of amides is 1. The number of fused-ring (bicyclic) bond motifs is 1. The van der Waals surface area contributed by atoms with Crippen LogP contribution in [0.1, 0.15) is 33.7 Å². The third-order valence-electron chi connectivity index (χ3n) is 5.31. The summed E-state index contributed by atoms with van der Waals surface area (Å²) in [6, 6.07) is 26.2. The van der Waals surface area contributed by atoms with Crippen molar-refractivity contribution in [1.29, 1.82) is 0 Å². The molecule has 1 aromatic heterocycles.